The third-order valence-corrected chi connectivity index (χ3v) is 7.32. The molecular formula is C24H24O4. The molecule has 28 heavy (non-hydrogen) atoms. The Hall–Kier alpha value is -2.62. The van der Waals surface area contributed by atoms with E-state index in [9.17, 15) is 19.8 Å². The third-order valence-electron chi connectivity index (χ3n) is 7.32. The highest BCUT2D eigenvalue weighted by atomic mass is 16.3. The lowest BCUT2D eigenvalue weighted by atomic mass is 9.42. The van der Waals surface area contributed by atoms with E-state index >= 15 is 0 Å². The van der Waals surface area contributed by atoms with E-state index in [1.807, 2.05) is 0 Å². The van der Waals surface area contributed by atoms with Crippen LogP contribution in [0.2, 0.25) is 0 Å². The van der Waals surface area contributed by atoms with Gasteiger partial charge < -0.3 is 10.2 Å². The maximum atomic E-state index is 13.6. The number of carbonyl (C=O) groups excluding carboxylic acids is 2. The standard InChI is InChI=1S/C24H24O4/c25-19-7-3-1-5-17(19)21(27)23-10-15-9-16(11-23)13-24(12-15,14-23)22(28)18-6-2-4-8-20(18)26/h1-8,15-16,25-26H,9-14H2. The van der Waals surface area contributed by atoms with Gasteiger partial charge in [-0.1, -0.05) is 24.3 Å². The van der Waals surface area contributed by atoms with Crippen LogP contribution in [0.3, 0.4) is 0 Å². The lowest BCUT2D eigenvalue weighted by Gasteiger charge is -2.60. The average Bonchev–Trinajstić information content (AvgIpc) is 2.67. The molecular weight excluding hydrogens is 352 g/mol. The smallest absolute Gasteiger partial charge is 0.172 e. The number of ketones is 2. The molecule has 0 aliphatic heterocycles. The van der Waals surface area contributed by atoms with Gasteiger partial charge in [-0.3, -0.25) is 9.59 Å². The summed E-state index contributed by atoms with van der Waals surface area (Å²) < 4.78 is 0. The van der Waals surface area contributed by atoms with E-state index in [-0.39, 0.29) is 23.1 Å². The minimum Gasteiger partial charge on any atom is -0.507 e. The number of hydrogen-bond acceptors (Lipinski definition) is 4. The third kappa shape index (κ3) is 2.43. The second kappa shape index (κ2) is 5.94. The fourth-order valence-corrected chi connectivity index (χ4v) is 6.70. The van der Waals surface area contributed by atoms with Crippen LogP contribution in [-0.2, 0) is 0 Å². The molecule has 144 valence electrons. The van der Waals surface area contributed by atoms with Crippen molar-refractivity contribution >= 4 is 11.6 Å². The van der Waals surface area contributed by atoms with E-state index in [0.717, 1.165) is 32.1 Å². The van der Waals surface area contributed by atoms with Gasteiger partial charge in [0.05, 0.1) is 11.1 Å². The monoisotopic (exact) mass is 376 g/mol. The second-order valence-corrected chi connectivity index (χ2v) is 9.21. The summed E-state index contributed by atoms with van der Waals surface area (Å²) in [5.41, 5.74) is -0.421. The van der Waals surface area contributed by atoms with Crippen molar-refractivity contribution in [2.24, 2.45) is 22.7 Å². The van der Waals surface area contributed by atoms with Crippen molar-refractivity contribution in [2.75, 3.05) is 0 Å². The fourth-order valence-electron chi connectivity index (χ4n) is 6.70. The average molecular weight is 376 g/mol. The van der Waals surface area contributed by atoms with Crippen LogP contribution in [0.5, 0.6) is 11.5 Å². The quantitative estimate of drug-likeness (QED) is 0.755. The molecule has 4 saturated carbocycles. The molecule has 4 aliphatic carbocycles. The van der Waals surface area contributed by atoms with Crippen LogP contribution in [0.4, 0.5) is 0 Å². The van der Waals surface area contributed by atoms with Crippen LogP contribution in [-0.4, -0.2) is 21.8 Å². The number of phenols is 2. The molecule has 0 unspecified atom stereocenters. The number of rotatable bonds is 4. The first-order chi connectivity index (χ1) is 13.4. The molecule has 0 radical (unpaired) electrons. The summed E-state index contributed by atoms with van der Waals surface area (Å²) in [4.78, 5) is 27.1. The lowest BCUT2D eigenvalue weighted by molar-refractivity contribution is -0.0732. The minimum atomic E-state index is -0.580. The zero-order valence-corrected chi connectivity index (χ0v) is 15.7. The number of aromatic hydroxyl groups is 2. The molecule has 0 heterocycles. The highest BCUT2D eigenvalue weighted by Crippen LogP contribution is 2.67. The first-order valence-electron chi connectivity index (χ1n) is 10.1. The largest absolute Gasteiger partial charge is 0.507 e. The molecule has 0 saturated heterocycles. The zero-order chi connectivity index (χ0) is 19.5. The molecule has 4 nitrogen and oxygen atoms in total. The Morgan fingerprint density at radius 1 is 0.714 bits per heavy atom. The van der Waals surface area contributed by atoms with Gasteiger partial charge in [0, 0.05) is 10.8 Å². The fraction of sp³-hybridized carbons (Fsp3) is 0.417. The number of para-hydroxylation sites is 2. The molecule has 2 aromatic rings. The number of hydrogen-bond donors (Lipinski definition) is 2. The molecule has 0 aromatic heterocycles. The van der Waals surface area contributed by atoms with Gasteiger partial charge in [0.2, 0.25) is 0 Å². The van der Waals surface area contributed by atoms with Gasteiger partial charge >= 0.3 is 0 Å². The van der Waals surface area contributed by atoms with Gasteiger partial charge in [0.25, 0.3) is 0 Å². The molecule has 0 amide bonds. The van der Waals surface area contributed by atoms with Crippen molar-refractivity contribution in [2.45, 2.75) is 38.5 Å². The Balaban J connectivity index is 1.56. The van der Waals surface area contributed by atoms with Crippen molar-refractivity contribution in [3.05, 3.63) is 59.7 Å². The Bertz CT molecular complexity index is 887. The summed E-state index contributed by atoms with van der Waals surface area (Å²) >= 11 is 0. The maximum absolute atomic E-state index is 13.6. The van der Waals surface area contributed by atoms with Crippen LogP contribution >= 0.6 is 0 Å². The van der Waals surface area contributed by atoms with Crippen molar-refractivity contribution in [1.82, 2.24) is 0 Å². The van der Waals surface area contributed by atoms with Gasteiger partial charge in [0.1, 0.15) is 11.5 Å². The van der Waals surface area contributed by atoms with Crippen molar-refractivity contribution in [3.8, 4) is 11.5 Å². The van der Waals surface area contributed by atoms with Crippen LogP contribution in [0.1, 0.15) is 59.2 Å². The molecule has 6 rings (SSSR count). The lowest BCUT2D eigenvalue weighted by Crippen LogP contribution is -2.57. The molecule has 0 spiro atoms. The van der Waals surface area contributed by atoms with Crippen molar-refractivity contribution < 1.29 is 19.8 Å². The van der Waals surface area contributed by atoms with Crippen LogP contribution in [0.15, 0.2) is 48.5 Å². The Kier molecular flexibility index (Phi) is 3.71. The van der Waals surface area contributed by atoms with Crippen molar-refractivity contribution in [3.63, 3.8) is 0 Å². The summed E-state index contributed by atoms with van der Waals surface area (Å²) in [7, 11) is 0. The van der Waals surface area contributed by atoms with E-state index in [0.29, 0.717) is 29.4 Å². The van der Waals surface area contributed by atoms with Crippen LogP contribution in [0.25, 0.3) is 0 Å². The van der Waals surface area contributed by atoms with Gasteiger partial charge in [0.15, 0.2) is 11.6 Å². The summed E-state index contributed by atoms with van der Waals surface area (Å²) in [6, 6.07) is 13.5. The number of carbonyl (C=O) groups is 2. The van der Waals surface area contributed by atoms with Gasteiger partial charge in [-0.15, -0.1) is 0 Å². The minimum absolute atomic E-state index is 0.0179. The zero-order valence-electron chi connectivity index (χ0n) is 15.7. The molecule has 4 aliphatic rings. The van der Waals surface area contributed by atoms with Crippen molar-refractivity contribution in [1.29, 1.82) is 0 Å². The Morgan fingerprint density at radius 3 is 1.50 bits per heavy atom. The number of Topliss-reactive ketones (excluding diaryl/α,β-unsaturated/α-hetero) is 2. The normalized spacial score (nSPS) is 33.0. The summed E-state index contributed by atoms with van der Waals surface area (Å²) in [5.74, 6) is 0.702. The van der Waals surface area contributed by atoms with E-state index in [4.69, 9.17) is 0 Å². The topological polar surface area (TPSA) is 74.6 Å². The predicted molar refractivity (Wildman–Crippen MR) is 104 cm³/mol. The highest BCUT2D eigenvalue weighted by Gasteiger charge is 2.63. The molecule has 4 fully saturated rings. The Morgan fingerprint density at radius 2 is 1.11 bits per heavy atom. The van der Waals surface area contributed by atoms with Crippen LogP contribution < -0.4 is 0 Å². The van der Waals surface area contributed by atoms with Gasteiger partial charge in [-0.05, 0) is 74.6 Å². The van der Waals surface area contributed by atoms with E-state index < -0.39 is 10.8 Å². The molecule has 2 N–H and O–H groups in total. The summed E-state index contributed by atoms with van der Waals surface area (Å²) in [5, 5.41) is 20.5. The molecule has 4 heteroatoms. The Labute approximate surface area is 164 Å². The van der Waals surface area contributed by atoms with E-state index in [2.05, 4.69) is 0 Å². The molecule has 0 atom stereocenters. The summed E-state index contributed by atoms with van der Waals surface area (Å²) in [6.07, 6.45) is 4.79. The van der Waals surface area contributed by atoms with Gasteiger partial charge in [-0.25, -0.2) is 0 Å². The summed E-state index contributed by atoms with van der Waals surface area (Å²) in [6.45, 7) is 0. The number of benzene rings is 2. The molecule has 4 bridgehead atoms. The highest BCUT2D eigenvalue weighted by molar-refractivity contribution is 6.06. The molecule has 2 aromatic carbocycles. The van der Waals surface area contributed by atoms with E-state index in [1.54, 1.807) is 48.5 Å². The SMILES string of the molecule is O=C(c1ccccc1O)C12CC3CC(C1)CC(C(=O)c1ccccc1O)(C3)C2. The maximum Gasteiger partial charge on any atom is 0.172 e. The van der Waals surface area contributed by atoms with Crippen LogP contribution in [0, 0.1) is 22.7 Å². The number of phenolic OH excluding ortho intramolecular Hbond substituents is 2. The first kappa shape index (κ1) is 17.5. The van der Waals surface area contributed by atoms with Gasteiger partial charge in [-0.2, -0.15) is 0 Å². The second-order valence-electron chi connectivity index (χ2n) is 9.21. The van der Waals surface area contributed by atoms with E-state index in [1.165, 1.54) is 0 Å². The predicted octanol–water partition coefficient (Wildman–Crippen LogP) is 4.75. The first-order valence-corrected chi connectivity index (χ1v) is 10.1.